The highest BCUT2D eigenvalue weighted by Crippen LogP contribution is 2.27. The fourth-order valence-corrected chi connectivity index (χ4v) is 2.71. The second-order valence-corrected chi connectivity index (χ2v) is 5.87. The molecule has 0 bridgehead atoms. The van der Waals surface area contributed by atoms with Crippen LogP contribution in [0.25, 0.3) is 0 Å². The topological polar surface area (TPSA) is 83.7 Å². The molecule has 1 aromatic carbocycles. The first-order valence-corrected chi connectivity index (χ1v) is 7.07. The number of nitro groups is 1. The average molecular weight is 292 g/mol. The summed E-state index contributed by atoms with van der Waals surface area (Å²) >= 11 is 0. The van der Waals surface area contributed by atoms with Crippen LogP contribution in [-0.4, -0.2) is 39.5 Å². The number of nitro benzene ring substituents is 1. The van der Waals surface area contributed by atoms with Crippen molar-refractivity contribution in [2.24, 2.45) is 0 Å². The minimum Gasteiger partial charge on any atom is -0.390 e. The molecule has 114 valence electrons. The van der Waals surface area contributed by atoms with Crippen LogP contribution in [0.3, 0.4) is 0 Å². The van der Waals surface area contributed by atoms with Crippen molar-refractivity contribution >= 4 is 11.6 Å². The van der Waals surface area contributed by atoms with Gasteiger partial charge in [0.2, 0.25) is 0 Å². The number of carbonyl (C=O) groups is 1. The van der Waals surface area contributed by atoms with Gasteiger partial charge in [0.25, 0.3) is 11.6 Å². The van der Waals surface area contributed by atoms with Crippen LogP contribution in [0.2, 0.25) is 0 Å². The van der Waals surface area contributed by atoms with E-state index in [2.05, 4.69) is 0 Å². The van der Waals surface area contributed by atoms with E-state index in [1.54, 1.807) is 30.9 Å². The van der Waals surface area contributed by atoms with Crippen molar-refractivity contribution in [3.05, 3.63) is 39.4 Å². The molecule has 1 fully saturated rings. The number of rotatable bonds is 2. The maximum absolute atomic E-state index is 12.6. The van der Waals surface area contributed by atoms with Crippen LogP contribution in [0.15, 0.2) is 18.2 Å². The summed E-state index contributed by atoms with van der Waals surface area (Å²) in [5, 5.41) is 21.2. The molecule has 1 N–H and O–H groups in total. The molecule has 0 spiro atoms. The van der Waals surface area contributed by atoms with E-state index in [4.69, 9.17) is 0 Å². The van der Waals surface area contributed by atoms with Gasteiger partial charge < -0.3 is 10.0 Å². The molecule has 21 heavy (non-hydrogen) atoms. The third-order valence-electron chi connectivity index (χ3n) is 4.01. The lowest BCUT2D eigenvalue weighted by atomic mass is 9.98. The molecule has 1 saturated heterocycles. The first kappa shape index (κ1) is 15.4. The van der Waals surface area contributed by atoms with E-state index in [1.165, 1.54) is 6.07 Å². The van der Waals surface area contributed by atoms with E-state index >= 15 is 0 Å². The fraction of sp³-hybridized carbons (Fsp3) is 0.533. The number of nitrogens with zero attached hydrogens (tertiary/aromatic N) is 2. The maximum Gasteiger partial charge on any atom is 0.282 e. The molecule has 2 rings (SSSR count). The lowest BCUT2D eigenvalue weighted by Crippen LogP contribution is -2.34. The van der Waals surface area contributed by atoms with Gasteiger partial charge in [0.05, 0.1) is 10.5 Å². The predicted octanol–water partition coefficient (Wildman–Crippen LogP) is 2.28. The van der Waals surface area contributed by atoms with E-state index in [-0.39, 0.29) is 17.2 Å². The number of likely N-dealkylation sites (tertiary alicyclic amines) is 1. The smallest absolute Gasteiger partial charge is 0.282 e. The van der Waals surface area contributed by atoms with Gasteiger partial charge in [-0.2, -0.15) is 0 Å². The van der Waals surface area contributed by atoms with Crippen molar-refractivity contribution in [3.63, 3.8) is 0 Å². The molecule has 1 unspecified atom stereocenters. The van der Waals surface area contributed by atoms with Crippen molar-refractivity contribution in [2.45, 2.75) is 38.7 Å². The molecular formula is C15H20N2O4. The van der Waals surface area contributed by atoms with Crippen molar-refractivity contribution in [1.82, 2.24) is 4.90 Å². The molecular weight excluding hydrogens is 272 g/mol. The zero-order chi connectivity index (χ0) is 15.6. The Morgan fingerprint density at radius 1 is 1.38 bits per heavy atom. The highest BCUT2D eigenvalue weighted by Gasteiger charge is 2.31. The second kappa shape index (κ2) is 5.81. The molecule has 0 aromatic heterocycles. The Labute approximate surface area is 123 Å². The van der Waals surface area contributed by atoms with E-state index in [0.717, 1.165) is 0 Å². The first-order valence-electron chi connectivity index (χ1n) is 7.07. The van der Waals surface area contributed by atoms with Crippen molar-refractivity contribution < 1.29 is 14.8 Å². The molecule has 0 radical (unpaired) electrons. The number of carbonyl (C=O) groups excluding carboxylic acids is 1. The summed E-state index contributed by atoms with van der Waals surface area (Å²) < 4.78 is 0. The van der Waals surface area contributed by atoms with Gasteiger partial charge in [-0.15, -0.1) is 0 Å². The number of hydrogen-bond donors (Lipinski definition) is 1. The minimum absolute atomic E-state index is 0.156. The van der Waals surface area contributed by atoms with Crippen LogP contribution >= 0.6 is 0 Å². The highest BCUT2D eigenvalue weighted by molar-refractivity contribution is 5.99. The summed E-state index contributed by atoms with van der Waals surface area (Å²) in [5.74, 6) is -0.322. The number of aryl methyl sites for hydroxylation is 1. The van der Waals surface area contributed by atoms with Crippen LogP contribution < -0.4 is 0 Å². The largest absolute Gasteiger partial charge is 0.390 e. The summed E-state index contributed by atoms with van der Waals surface area (Å²) in [6.07, 6.45) is 1.81. The molecule has 1 amide bonds. The summed E-state index contributed by atoms with van der Waals surface area (Å²) in [6, 6.07) is 4.64. The molecule has 0 saturated carbocycles. The van der Waals surface area contributed by atoms with E-state index in [0.29, 0.717) is 37.9 Å². The van der Waals surface area contributed by atoms with Crippen LogP contribution in [0.5, 0.6) is 0 Å². The van der Waals surface area contributed by atoms with Gasteiger partial charge in [-0.25, -0.2) is 0 Å². The van der Waals surface area contributed by atoms with Crippen molar-refractivity contribution in [1.29, 1.82) is 0 Å². The summed E-state index contributed by atoms with van der Waals surface area (Å²) in [5.41, 5.74) is -0.169. The third-order valence-corrected chi connectivity index (χ3v) is 4.01. The highest BCUT2D eigenvalue weighted by atomic mass is 16.6. The van der Waals surface area contributed by atoms with Gasteiger partial charge in [-0.3, -0.25) is 14.9 Å². The SMILES string of the molecule is Cc1cccc([N+](=O)[O-])c1C(=O)N1CCCC(C)(O)CC1. The molecule has 6 nitrogen and oxygen atoms in total. The van der Waals surface area contributed by atoms with Crippen LogP contribution in [0.1, 0.15) is 42.1 Å². The van der Waals surface area contributed by atoms with Crippen molar-refractivity contribution in [3.8, 4) is 0 Å². The number of hydrogen-bond acceptors (Lipinski definition) is 4. The molecule has 1 aliphatic heterocycles. The monoisotopic (exact) mass is 292 g/mol. The lowest BCUT2D eigenvalue weighted by Gasteiger charge is -2.23. The predicted molar refractivity (Wildman–Crippen MR) is 78.2 cm³/mol. The Kier molecular flexibility index (Phi) is 4.27. The normalized spacial score (nSPS) is 22.7. The Balaban J connectivity index is 2.30. The van der Waals surface area contributed by atoms with Crippen LogP contribution in [0, 0.1) is 17.0 Å². The van der Waals surface area contributed by atoms with E-state index < -0.39 is 10.5 Å². The quantitative estimate of drug-likeness (QED) is 0.669. The van der Waals surface area contributed by atoms with Gasteiger partial charge in [0.15, 0.2) is 0 Å². The molecule has 1 aliphatic rings. The molecule has 1 atom stereocenters. The Morgan fingerprint density at radius 2 is 2.10 bits per heavy atom. The summed E-state index contributed by atoms with van der Waals surface area (Å²) in [4.78, 5) is 24.9. The number of aliphatic hydroxyl groups is 1. The zero-order valence-corrected chi connectivity index (χ0v) is 12.3. The second-order valence-electron chi connectivity index (χ2n) is 5.87. The van der Waals surface area contributed by atoms with E-state index in [1.807, 2.05) is 0 Å². The van der Waals surface area contributed by atoms with Gasteiger partial charge in [0.1, 0.15) is 5.56 Å². The first-order chi connectivity index (χ1) is 9.82. The fourth-order valence-electron chi connectivity index (χ4n) is 2.71. The Bertz CT molecular complexity index is 569. The maximum atomic E-state index is 12.6. The van der Waals surface area contributed by atoms with Crippen LogP contribution in [-0.2, 0) is 0 Å². The molecule has 6 heteroatoms. The molecule has 1 aromatic rings. The Hall–Kier alpha value is -1.95. The molecule has 0 aliphatic carbocycles. The standard InChI is InChI=1S/C15H20N2O4/c1-11-5-3-6-12(17(20)21)13(11)14(18)16-9-4-7-15(2,19)8-10-16/h3,5-6,19H,4,7-10H2,1-2H3. The lowest BCUT2D eigenvalue weighted by molar-refractivity contribution is -0.385. The Morgan fingerprint density at radius 3 is 2.76 bits per heavy atom. The summed E-state index contributed by atoms with van der Waals surface area (Å²) in [7, 11) is 0. The van der Waals surface area contributed by atoms with Crippen molar-refractivity contribution in [2.75, 3.05) is 13.1 Å². The van der Waals surface area contributed by atoms with Gasteiger partial charge in [-0.1, -0.05) is 12.1 Å². The number of benzene rings is 1. The van der Waals surface area contributed by atoms with Crippen LogP contribution in [0.4, 0.5) is 5.69 Å². The van der Waals surface area contributed by atoms with E-state index in [9.17, 15) is 20.0 Å². The minimum atomic E-state index is -0.771. The number of amides is 1. The van der Waals surface area contributed by atoms with Gasteiger partial charge >= 0.3 is 0 Å². The summed E-state index contributed by atoms with van der Waals surface area (Å²) in [6.45, 7) is 4.39. The van der Waals surface area contributed by atoms with Gasteiger partial charge in [0, 0.05) is 19.2 Å². The molecule has 1 heterocycles. The average Bonchev–Trinajstić information content (AvgIpc) is 2.58. The third kappa shape index (κ3) is 3.39. The van der Waals surface area contributed by atoms with Gasteiger partial charge in [-0.05, 0) is 38.7 Å². The zero-order valence-electron chi connectivity index (χ0n) is 12.3.